The van der Waals surface area contributed by atoms with Crippen molar-refractivity contribution in [2.75, 3.05) is 0 Å². The van der Waals surface area contributed by atoms with Crippen LogP contribution < -0.4 is 18.3 Å². The average Bonchev–Trinajstić information content (AvgIpc) is 4.09. The predicted octanol–water partition coefficient (Wildman–Crippen LogP) is 12.9. The average molecular weight is 1170 g/mol. The van der Waals surface area contributed by atoms with Crippen LogP contribution in [-0.2, 0) is 28.2 Å². The molecule has 8 nitrogen and oxygen atoms in total. The highest BCUT2D eigenvalue weighted by Crippen LogP contribution is 2.41. The molecule has 2 aliphatic rings. The summed E-state index contributed by atoms with van der Waals surface area (Å²) in [6, 6.07) is 5.71. The number of aryl methyl sites for hydroxylation is 4. The maximum atomic E-state index is 16.0. The molecule has 2 N–H and O–H groups in total. The van der Waals surface area contributed by atoms with Crippen LogP contribution in [-0.4, -0.2) is 49.0 Å². The van der Waals surface area contributed by atoms with Crippen LogP contribution in [0.5, 0.6) is 0 Å². The Morgan fingerprint density at radius 1 is 0.275 bits per heavy atom. The van der Waals surface area contributed by atoms with Crippen molar-refractivity contribution in [3.05, 3.63) is 143 Å². The van der Waals surface area contributed by atoms with Crippen LogP contribution in [0.15, 0.2) is 73.8 Å². The maximum Gasteiger partial charge on any atom is 0.673 e. The molecular weight excluding hydrogens is 1140 g/mol. The number of halogens is 24. The van der Waals surface area contributed by atoms with Gasteiger partial charge in [0, 0.05) is 44.3 Å². The zero-order valence-corrected chi connectivity index (χ0v) is 40.3. The molecule has 0 radical (unpaired) electrons. The van der Waals surface area contributed by atoms with Gasteiger partial charge in [-0.2, -0.15) is 35.1 Å². The second-order valence-corrected chi connectivity index (χ2v) is 16.5. The number of aromatic amines is 2. The van der Waals surface area contributed by atoms with Gasteiger partial charge in [-0.1, -0.05) is 0 Å². The third-order valence-corrected chi connectivity index (χ3v) is 10.2. The van der Waals surface area contributed by atoms with Gasteiger partial charge >= 0.3 is 29.0 Å². The minimum atomic E-state index is -6.00. The number of nitrogens with one attached hydrogen (secondary N) is 2. The van der Waals surface area contributed by atoms with Gasteiger partial charge in [-0.05, 0) is 48.6 Å². The van der Waals surface area contributed by atoms with Gasteiger partial charge in [0.05, 0.1) is 45.0 Å². The Kier molecular flexibility index (Phi) is 18.8. The van der Waals surface area contributed by atoms with E-state index in [1.165, 1.54) is 95.0 Å². The quantitative estimate of drug-likeness (QED) is 0.105. The molecule has 7 aromatic heterocycles. The summed E-state index contributed by atoms with van der Waals surface area (Å²) >= 11 is 0. The molecule has 36 heteroatoms. The second kappa shape index (κ2) is 24.0. The van der Waals surface area contributed by atoms with Crippen LogP contribution in [0.2, 0.25) is 0 Å². The van der Waals surface area contributed by atoms with Crippen LogP contribution in [0.1, 0.15) is 22.8 Å². The number of aromatic nitrogens is 8. The number of hydrogen-bond acceptors (Lipinski definition) is 2. The Balaban J connectivity index is 0.000000506. The van der Waals surface area contributed by atoms with Crippen molar-refractivity contribution in [2.45, 2.75) is 0 Å². The zero-order valence-electron chi connectivity index (χ0n) is 40.3. The smallest absolute Gasteiger partial charge is 0.418 e. The molecule has 0 aliphatic carbocycles. The lowest BCUT2D eigenvalue weighted by molar-refractivity contribution is -0.674. The van der Waals surface area contributed by atoms with Crippen molar-refractivity contribution in [1.82, 2.24) is 19.9 Å². The first kappa shape index (κ1) is 62.6. The second-order valence-electron chi connectivity index (χ2n) is 16.5. The van der Waals surface area contributed by atoms with Gasteiger partial charge in [-0.3, -0.25) is 0 Å². The van der Waals surface area contributed by atoms with E-state index in [0.717, 1.165) is 49.6 Å². The van der Waals surface area contributed by atoms with Crippen molar-refractivity contribution in [1.29, 1.82) is 0 Å². The normalized spacial score (nSPS) is 12.2. The number of H-pyrrole nitrogens is 2. The molecule has 0 saturated carbocycles. The molecule has 8 bridgehead atoms. The molecule has 7 aromatic rings. The highest BCUT2D eigenvalue weighted by Gasteiger charge is 2.30. The van der Waals surface area contributed by atoms with Crippen LogP contribution >= 0.6 is 0 Å². The molecular formula is C44H30B4F24N8. The van der Waals surface area contributed by atoms with Crippen LogP contribution in [0.25, 0.3) is 90.9 Å². The number of nitrogens with zero attached hydrogens (tertiary/aromatic N) is 6. The number of hydrogen-bond donors (Lipinski definition) is 2. The molecule has 80 heavy (non-hydrogen) atoms. The molecule has 0 atom stereocenters. The van der Waals surface area contributed by atoms with Gasteiger partial charge in [0.2, 0.25) is 49.6 Å². The fraction of sp³-hybridized carbons (Fsp3) is 0.0909. The van der Waals surface area contributed by atoms with Crippen molar-refractivity contribution in [2.24, 2.45) is 28.2 Å². The van der Waals surface area contributed by atoms with Crippen molar-refractivity contribution in [3.8, 4) is 44.5 Å². The topological polar surface area (TPSA) is 72.9 Å². The Bertz CT molecular complexity index is 3140. The molecule has 0 unspecified atom stereocenters. The summed E-state index contributed by atoms with van der Waals surface area (Å²) < 4.78 is 289. The van der Waals surface area contributed by atoms with Crippen LogP contribution in [0, 0.1) is 46.5 Å². The summed E-state index contributed by atoms with van der Waals surface area (Å²) in [6.45, 7) is 0. The largest absolute Gasteiger partial charge is 0.673 e. The lowest BCUT2D eigenvalue weighted by atomic mass is 10.0. The summed E-state index contributed by atoms with van der Waals surface area (Å²) in [5.41, 5.74) is -2.80. The van der Waals surface area contributed by atoms with E-state index < -0.39 is 97.8 Å². The first-order valence-corrected chi connectivity index (χ1v) is 21.7. The molecule has 0 fully saturated rings. The lowest BCUT2D eigenvalue weighted by Crippen LogP contribution is -2.28. The fourth-order valence-electron chi connectivity index (χ4n) is 7.77. The number of pyridine rings is 4. The van der Waals surface area contributed by atoms with Gasteiger partial charge in [0.1, 0.15) is 28.2 Å². The highest BCUT2D eigenvalue weighted by atomic mass is 19.5. The number of fused-ring (bicyclic) bond motifs is 8. The molecule has 0 aromatic carbocycles. The molecule has 0 amide bonds. The maximum absolute atomic E-state index is 16.0. The first-order chi connectivity index (χ1) is 36.7. The Hall–Kier alpha value is -8.22. The molecule has 426 valence electrons. The van der Waals surface area contributed by atoms with E-state index in [-0.39, 0.29) is 67.1 Å². The van der Waals surface area contributed by atoms with Gasteiger partial charge in [0.25, 0.3) is 0 Å². The Morgan fingerprint density at radius 2 is 0.412 bits per heavy atom. The molecule has 2 aliphatic heterocycles. The van der Waals surface area contributed by atoms with Gasteiger partial charge in [0.15, 0.2) is 46.5 Å². The highest BCUT2D eigenvalue weighted by molar-refractivity contribution is 6.51. The van der Waals surface area contributed by atoms with E-state index in [4.69, 9.17) is 9.97 Å². The molecule has 9 heterocycles. The summed E-state index contributed by atoms with van der Waals surface area (Å²) in [5, 5.41) is 0. The van der Waals surface area contributed by atoms with Crippen LogP contribution in [0.4, 0.5) is 104 Å². The van der Waals surface area contributed by atoms with E-state index in [1.807, 2.05) is 0 Å². The molecule has 9 rings (SSSR count). The third-order valence-electron chi connectivity index (χ3n) is 10.2. The summed E-state index contributed by atoms with van der Waals surface area (Å²) in [7, 11) is -18.3. The SMILES string of the molecule is C[n+]1cc(F)c(-c2c3nc(c(-c4c(F)c[n+](C)cc4F)c4ccc([nH]4)c(-c4c(F)c[n+](C)cc4F)c4nc(c(-c5c(F)c[n+](C)cc5F)c5ccc2[nH]5)C=C4)C=C3)c(F)c1.F[B-](F)(F)F.F[B-](F)(F)F.F[B-](F)(F)F.F[B-](F)(F)F. The monoisotopic (exact) mass is 1170 g/mol. The van der Waals surface area contributed by atoms with E-state index in [1.54, 1.807) is 0 Å². The Labute approximate surface area is 433 Å². The predicted molar refractivity (Wildman–Crippen MR) is 246 cm³/mol. The minimum absolute atomic E-state index is 0.0290. The minimum Gasteiger partial charge on any atom is -0.418 e. The van der Waals surface area contributed by atoms with Crippen molar-refractivity contribution < 1.29 is 122 Å². The summed E-state index contributed by atoms with van der Waals surface area (Å²) in [6.07, 6.45) is 13.9. The standard InChI is InChI=1S/C44H29F8N8.4BF4/c1-57-13-21(45)37(22(46)14-57)41-29-5-7-31(53-29)42(38-23(47)15-58(2)16-24(38)48)33-9-11-35(55-33)44(40-27(51)19-60(4)20-28(40)52)36-12-10-34(56-36)43(32-8-6-30(41)54-32)39-25(49)17-59(3)18-26(39)50;4*2-1(3,4)5/h5-20H,1-4H3,(H,53,54,55,56);;;;/q+3;4*-1/p+1. The van der Waals surface area contributed by atoms with E-state index in [9.17, 15) is 69.1 Å². The first-order valence-electron chi connectivity index (χ1n) is 21.7. The lowest BCUT2D eigenvalue weighted by Gasteiger charge is -2.08. The van der Waals surface area contributed by atoms with E-state index >= 15 is 35.1 Å². The zero-order chi connectivity index (χ0) is 60.3. The van der Waals surface area contributed by atoms with Gasteiger partial charge in [-0.25, -0.2) is 28.2 Å². The van der Waals surface area contributed by atoms with Gasteiger partial charge in [-0.15, -0.1) is 0 Å². The van der Waals surface area contributed by atoms with Crippen molar-refractivity contribution in [3.63, 3.8) is 0 Å². The molecule has 0 spiro atoms. The molecule has 0 saturated heterocycles. The van der Waals surface area contributed by atoms with E-state index in [0.29, 0.717) is 0 Å². The third kappa shape index (κ3) is 16.9. The van der Waals surface area contributed by atoms with Crippen LogP contribution in [0.3, 0.4) is 0 Å². The van der Waals surface area contributed by atoms with Gasteiger partial charge < -0.3 is 79.0 Å². The Morgan fingerprint density at radius 3 is 0.550 bits per heavy atom. The van der Waals surface area contributed by atoms with E-state index in [2.05, 4.69) is 9.97 Å². The summed E-state index contributed by atoms with van der Waals surface area (Å²) in [5.74, 6) is -7.97. The number of rotatable bonds is 4. The summed E-state index contributed by atoms with van der Waals surface area (Å²) in [4.78, 5) is 15.5. The van der Waals surface area contributed by atoms with Crippen molar-refractivity contribution >= 4 is 75.4 Å². The fourth-order valence-corrected chi connectivity index (χ4v) is 7.77.